The number of nitrogens with zero attached hydrogens (tertiary/aromatic N) is 4. The molecule has 3 heterocycles. The number of carbonyl (C=O) groups excluding carboxylic acids is 1. The van der Waals surface area contributed by atoms with Crippen LogP contribution in [0.25, 0.3) is 0 Å². The molecule has 3 aromatic carbocycles. The highest BCUT2D eigenvalue weighted by Crippen LogP contribution is 2.35. The zero-order valence-corrected chi connectivity index (χ0v) is 25.1. The van der Waals surface area contributed by atoms with Crippen LogP contribution in [0.5, 0.6) is 5.75 Å². The Morgan fingerprint density at radius 3 is 2.63 bits per heavy atom. The molecule has 0 unspecified atom stereocenters. The summed E-state index contributed by atoms with van der Waals surface area (Å²) in [5, 5.41) is 15.8. The largest absolute Gasteiger partial charge is 0.496 e. The van der Waals surface area contributed by atoms with E-state index >= 15 is 0 Å². The van der Waals surface area contributed by atoms with Gasteiger partial charge >= 0.3 is 6.18 Å². The van der Waals surface area contributed by atoms with Crippen molar-refractivity contribution in [2.75, 3.05) is 30.4 Å². The Balaban J connectivity index is 1.17. The molecule has 0 atom stereocenters. The average molecular weight is 631 g/mol. The number of benzene rings is 3. The zero-order valence-electron chi connectivity index (χ0n) is 25.1. The van der Waals surface area contributed by atoms with Gasteiger partial charge in [0.15, 0.2) is 5.82 Å². The number of aliphatic hydroxyl groups is 1. The summed E-state index contributed by atoms with van der Waals surface area (Å²) in [6, 6.07) is 17.7. The van der Waals surface area contributed by atoms with E-state index in [9.17, 15) is 23.1 Å². The Hall–Kier alpha value is -4.97. The number of hydrogen-bond acceptors (Lipinski definition) is 8. The summed E-state index contributed by atoms with van der Waals surface area (Å²) in [5.74, 6) is 1.37. The van der Waals surface area contributed by atoms with Crippen molar-refractivity contribution in [1.82, 2.24) is 15.3 Å². The van der Waals surface area contributed by atoms with Gasteiger partial charge in [-0.25, -0.2) is 9.97 Å². The van der Waals surface area contributed by atoms with Gasteiger partial charge in [0.1, 0.15) is 17.3 Å². The molecule has 1 aromatic heterocycles. The summed E-state index contributed by atoms with van der Waals surface area (Å²) in [4.78, 5) is 29.2. The monoisotopic (exact) mass is 630 g/mol. The molecule has 0 aliphatic carbocycles. The van der Waals surface area contributed by atoms with Crippen molar-refractivity contribution in [3.05, 3.63) is 101 Å². The van der Waals surface area contributed by atoms with Gasteiger partial charge in [0.2, 0.25) is 0 Å². The van der Waals surface area contributed by atoms with E-state index in [0.29, 0.717) is 47.0 Å². The predicted molar refractivity (Wildman–Crippen MR) is 169 cm³/mol. The number of piperidine rings is 1. The summed E-state index contributed by atoms with van der Waals surface area (Å²) in [6.07, 6.45) is -0.483. The quantitative estimate of drug-likeness (QED) is 0.208. The highest BCUT2D eigenvalue weighted by molar-refractivity contribution is 5.95. The molecule has 1 fully saturated rings. The molecular weight excluding hydrogens is 597 g/mol. The molecular formula is C34H33F3N6O3. The molecule has 0 radical (unpaired) electrons. The van der Waals surface area contributed by atoms with Gasteiger partial charge in [0.05, 0.1) is 24.5 Å². The van der Waals surface area contributed by atoms with Crippen LogP contribution in [0.3, 0.4) is 0 Å². The third-order valence-corrected chi connectivity index (χ3v) is 8.05. The van der Waals surface area contributed by atoms with Crippen LogP contribution in [0.1, 0.15) is 51.4 Å². The minimum absolute atomic E-state index is 0.0521. The number of ether oxygens (including phenoxy) is 1. The lowest BCUT2D eigenvalue weighted by Crippen LogP contribution is -2.35. The van der Waals surface area contributed by atoms with Gasteiger partial charge in [-0.3, -0.25) is 9.79 Å². The minimum atomic E-state index is -4.46. The lowest BCUT2D eigenvalue weighted by Gasteiger charge is -2.31. The van der Waals surface area contributed by atoms with Crippen LogP contribution >= 0.6 is 0 Å². The Morgan fingerprint density at radius 1 is 1.04 bits per heavy atom. The first-order chi connectivity index (χ1) is 22.2. The van der Waals surface area contributed by atoms with Gasteiger partial charge in [-0.05, 0) is 54.8 Å². The molecule has 4 aromatic rings. The van der Waals surface area contributed by atoms with E-state index in [-0.39, 0.29) is 12.6 Å². The molecule has 2 aliphatic heterocycles. The van der Waals surface area contributed by atoms with Gasteiger partial charge in [0, 0.05) is 67.3 Å². The van der Waals surface area contributed by atoms with Crippen LogP contribution in [0.2, 0.25) is 0 Å². The number of fused-ring (bicyclic) bond motifs is 1. The van der Waals surface area contributed by atoms with Gasteiger partial charge in [-0.2, -0.15) is 13.2 Å². The molecule has 12 heteroatoms. The normalized spacial score (nSPS) is 14.7. The number of rotatable bonds is 9. The van der Waals surface area contributed by atoms with Crippen LogP contribution in [0, 0.1) is 0 Å². The number of aliphatic imine (C=N–C) groups is 1. The van der Waals surface area contributed by atoms with Gasteiger partial charge < -0.3 is 25.4 Å². The smallest absolute Gasteiger partial charge is 0.416 e. The molecule has 0 saturated carbocycles. The van der Waals surface area contributed by atoms with Crippen LogP contribution < -0.4 is 20.3 Å². The first kappa shape index (κ1) is 31.0. The second-order valence-corrected chi connectivity index (χ2v) is 11.3. The van der Waals surface area contributed by atoms with E-state index < -0.39 is 17.6 Å². The number of amides is 1. The molecule has 1 saturated heterocycles. The number of aromatic nitrogens is 2. The standard InChI is InChI=1S/C34H33F3N6O3/c1-46-29-19-26(43-14-11-27(44)12-15-43)9-8-22(29)18-30-41-28-10-13-38-31(28)32(42-30)40-25-7-3-5-23(17-25)33(45)39-20-21-4-2-6-24(16-21)34(35,36)37/h2-9,13,16-17,19,27,44H,10-12,14-15,18,20H2,1H3,(H,39,45)(H,40,41,42). The summed E-state index contributed by atoms with van der Waals surface area (Å²) in [5.41, 5.74) is 3.87. The lowest BCUT2D eigenvalue weighted by atomic mass is 10.1. The topological polar surface area (TPSA) is 112 Å². The molecule has 6 rings (SSSR count). The molecule has 1 amide bonds. The summed E-state index contributed by atoms with van der Waals surface area (Å²) in [7, 11) is 1.63. The van der Waals surface area contributed by atoms with E-state index in [1.165, 1.54) is 12.1 Å². The highest BCUT2D eigenvalue weighted by Gasteiger charge is 2.30. The summed E-state index contributed by atoms with van der Waals surface area (Å²) in [6.45, 7) is 1.51. The van der Waals surface area contributed by atoms with Gasteiger partial charge in [0.25, 0.3) is 5.91 Å². The number of nitrogens with one attached hydrogen (secondary N) is 2. The van der Waals surface area contributed by atoms with E-state index in [1.807, 2.05) is 12.1 Å². The molecule has 3 N–H and O–H groups in total. The third kappa shape index (κ3) is 7.12. The maximum atomic E-state index is 13.1. The van der Waals surface area contributed by atoms with Crippen molar-refractivity contribution in [3.63, 3.8) is 0 Å². The van der Waals surface area contributed by atoms with Crippen LogP contribution in [-0.2, 0) is 25.6 Å². The number of alkyl halides is 3. The SMILES string of the molecule is COc1cc(N2CCC(O)CC2)ccc1Cc1nc2c(c(Nc3cccc(C(=O)NCc4cccc(C(F)(F)F)c4)c3)n1)N=CC2. The Morgan fingerprint density at radius 2 is 1.85 bits per heavy atom. The number of hydrogen-bond donors (Lipinski definition) is 3. The van der Waals surface area contributed by atoms with Crippen molar-refractivity contribution < 1.29 is 27.8 Å². The fourth-order valence-electron chi connectivity index (χ4n) is 5.61. The summed E-state index contributed by atoms with van der Waals surface area (Å²) < 4.78 is 44.9. The Labute approximate surface area is 264 Å². The van der Waals surface area contributed by atoms with E-state index in [2.05, 4.69) is 26.6 Å². The van der Waals surface area contributed by atoms with Gasteiger partial charge in [-0.15, -0.1) is 0 Å². The number of aliphatic hydroxyl groups excluding tert-OH is 1. The molecule has 2 aliphatic rings. The highest BCUT2D eigenvalue weighted by atomic mass is 19.4. The van der Waals surface area contributed by atoms with Gasteiger partial charge in [-0.1, -0.05) is 24.3 Å². The second kappa shape index (κ2) is 13.2. The molecule has 46 heavy (non-hydrogen) atoms. The van der Waals surface area contributed by atoms with Crippen LogP contribution in [0.4, 0.5) is 36.1 Å². The predicted octanol–water partition coefficient (Wildman–Crippen LogP) is 5.99. The third-order valence-electron chi connectivity index (χ3n) is 8.05. The van der Waals surface area contributed by atoms with Crippen molar-refractivity contribution in [2.24, 2.45) is 4.99 Å². The Bertz CT molecular complexity index is 1770. The molecule has 238 valence electrons. The van der Waals surface area contributed by atoms with Crippen LogP contribution in [-0.4, -0.2) is 53.5 Å². The first-order valence-corrected chi connectivity index (χ1v) is 15.0. The van der Waals surface area contributed by atoms with E-state index in [4.69, 9.17) is 14.7 Å². The second-order valence-electron chi connectivity index (χ2n) is 11.3. The van der Waals surface area contributed by atoms with Crippen molar-refractivity contribution in [1.29, 1.82) is 0 Å². The number of anilines is 3. The maximum Gasteiger partial charge on any atom is 0.416 e. The molecule has 9 nitrogen and oxygen atoms in total. The lowest BCUT2D eigenvalue weighted by molar-refractivity contribution is -0.137. The van der Waals surface area contributed by atoms with E-state index in [1.54, 1.807) is 37.6 Å². The fraction of sp³-hybridized carbons (Fsp3) is 0.294. The maximum absolute atomic E-state index is 13.1. The Kier molecular flexibility index (Phi) is 8.89. The first-order valence-electron chi connectivity index (χ1n) is 15.0. The summed E-state index contributed by atoms with van der Waals surface area (Å²) >= 11 is 0. The van der Waals surface area contributed by atoms with E-state index in [0.717, 1.165) is 60.8 Å². The van der Waals surface area contributed by atoms with Crippen LogP contribution in [0.15, 0.2) is 71.7 Å². The molecule has 0 bridgehead atoms. The fourth-order valence-corrected chi connectivity index (χ4v) is 5.61. The molecule has 0 spiro atoms. The zero-order chi connectivity index (χ0) is 32.3. The van der Waals surface area contributed by atoms with Crippen molar-refractivity contribution in [2.45, 2.75) is 44.5 Å². The average Bonchev–Trinajstić information content (AvgIpc) is 3.53. The number of methoxy groups -OCH3 is 1. The minimum Gasteiger partial charge on any atom is -0.496 e. The van der Waals surface area contributed by atoms with Crippen molar-refractivity contribution >= 4 is 35.0 Å². The van der Waals surface area contributed by atoms with Crippen molar-refractivity contribution in [3.8, 4) is 5.75 Å². The number of carbonyl (C=O) groups is 1. The number of halogens is 3.